The topological polar surface area (TPSA) is 86.2 Å². The molecule has 0 bridgehead atoms. The fourth-order valence-corrected chi connectivity index (χ4v) is 4.81. The molecule has 112 valence electrons. The Balaban J connectivity index is 2.13. The summed E-state index contributed by atoms with van der Waals surface area (Å²) in [6.45, 7) is 0. The van der Waals surface area contributed by atoms with Gasteiger partial charge in [-0.15, -0.1) is 0 Å². The average molecular weight is 327 g/mol. The molecule has 3 rings (SSSR count). The Morgan fingerprint density at radius 3 is 2.86 bits per heavy atom. The molecule has 1 aliphatic heterocycles. The molecule has 1 fully saturated rings. The van der Waals surface area contributed by atoms with Gasteiger partial charge in [0.1, 0.15) is 5.25 Å². The SMILES string of the molecule is Nc1noc(C2CCCCS2(=O)=O)c1-c1cccc(Cl)c1. The van der Waals surface area contributed by atoms with Crippen molar-refractivity contribution >= 4 is 27.3 Å². The molecule has 7 heteroatoms. The average Bonchev–Trinajstić information content (AvgIpc) is 2.80. The number of hydrogen-bond acceptors (Lipinski definition) is 5. The maximum absolute atomic E-state index is 12.3. The molecule has 21 heavy (non-hydrogen) atoms. The predicted octanol–water partition coefficient (Wildman–Crippen LogP) is 3.22. The van der Waals surface area contributed by atoms with Crippen LogP contribution in [-0.2, 0) is 9.84 Å². The summed E-state index contributed by atoms with van der Waals surface area (Å²) in [5.41, 5.74) is 7.13. The summed E-state index contributed by atoms with van der Waals surface area (Å²) in [6, 6.07) is 7.06. The van der Waals surface area contributed by atoms with Crippen molar-refractivity contribution in [2.75, 3.05) is 11.5 Å². The van der Waals surface area contributed by atoms with Crippen LogP contribution in [0.2, 0.25) is 5.02 Å². The molecule has 5 nitrogen and oxygen atoms in total. The lowest BCUT2D eigenvalue weighted by Crippen LogP contribution is -2.21. The van der Waals surface area contributed by atoms with Crippen LogP contribution in [0.25, 0.3) is 11.1 Å². The smallest absolute Gasteiger partial charge is 0.175 e. The molecule has 0 aliphatic carbocycles. The fourth-order valence-electron chi connectivity index (χ4n) is 2.72. The first kappa shape index (κ1) is 14.4. The van der Waals surface area contributed by atoms with Crippen LogP contribution in [0.1, 0.15) is 30.3 Å². The van der Waals surface area contributed by atoms with Crippen molar-refractivity contribution in [2.24, 2.45) is 0 Å². The van der Waals surface area contributed by atoms with Gasteiger partial charge in [0.25, 0.3) is 0 Å². The fraction of sp³-hybridized carbons (Fsp3) is 0.357. The number of rotatable bonds is 2. The lowest BCUT2D eigenvalue weighted by Gasteiger charge is -2.20. The molecule has 0 radical (unpaired) electrons. The van der Waals surface area contributed by atoms with Gasteiger partial charge in [-0.1, -0.05) is 35.3 Å². The molecule has 2 heterocycles. The van der Waals surface area contributed by atoms with E-state index < -0.39 is 15.1 Å². The van der Waals surface area contributed by atoms with Crippen LogP contribution in [0.15, 0.2) is 28.8 Å². The van der Waals surface area contributed by atoms with Gasteiger partial charge in [-0.05, 0) is 30.5 Å². The number of halogens is 1. The molecule has 0 amide bonds. The van der Waals surface area contributed by atoms with Gasteiger partial charge in [0.05, 0.1) is 11.3 Å². The van der Waals surface area contributed by atoms with Crippen molar-refractivity contribution in [2.45, 2.75) is 24.5 Å². The molecule has 1 aromatic carbocycles. The van der Waals surface area contributed by atoms with E-state index in [9.17, 15) is 8.42 Å². The van der Waals surface area contributed by atoms with Crippen molar-refractivity contribution in [1.29, 1.82) is 0 Å². The van der Waals surface area contributed by atoms with E-state index in [0.717, 1.165) is 12.0 Å². The van der Waals surface area contributed by atoms with Crippen LogP contribution in [0.5, 0.6) is 0 Å². The molecule has 1 atom stereocenters. The zero-order valence-electron chi connectivity index (χ0n) is 11.3. The molecule has 1 saturated heterocycles. The maximum atomic E-state index is 12.3. The first-order valence-electron chi connectivity index (χ1n) is 6.71. The standard InChI is InChI=1S/C14H15ClN2O3S/c15-10-5-3-4-9(8-10)12-13(20-17-14(12)16)11-6-1-2-7-21(11,18)19/h3-5,8,11H,1-2,6-7H2,(H2,16,17). The molecule has 2 N–H and O–H groups in total. The van der Waals surface area contributed by atoms with E-state index in [4.69, 9.17) is 21.9 Å². The van der Waals surface area contributed by atoms with Gasteiger partial charge in [0, 0.05) is 5.02 Å². The number of benzene rings is 1. The number of nitrogens with two attached hydrogens (primary N) is 1. The number of anilines is 1. The van der Waals surface area contributed by atoms with Crippen LogP contribution in [0, 0.1) is 0 Å². The maximum Gasteiger partial charge on any atom is 0.175 e. The van der Waals surface area contributed by atoms with Gasteiger partial charge in [-0.2, -0.15) is 0 Å². The van der Waals surface area contributed by atoms with E-state index in [-0.39, 0.29) is 11.6 Å². The van der Waals surface area contributed by atoms with Gasteiger partial charge in [-0.3, -0.25) is 0 Å². The lowest BCUT2D eigenvalue weighted by molar-refractivity contribution is 0.372. The third-order valence-corrected chi connectivity index (χ3v) is 6.14. The molecule has 1 aromatic heterocycles. The van der Waals surface area contributed by atoms with E-state index in [1.54, 1.807) is 18.2 Å². The number of sulfone groups is 1. The van der Waals surface area contributed by atoms with Crippen molar-refractivity contribution in [3.63, 3.8) is 0 Å². The Hall–Kier alpha value is -1.53. The Labute approximate surface area is 128 Å². The summed E-state index contributed by atoms with van der Waals surface area (Å²) in [4.78, 5) is 0. The summed E-state index contributed by atoms with van der Waals surface area (Å²) in [5.74, 6) is 0.690. The lowest BCUT2D eigenvalue weighted by atomic mass is 10.0. The molecule has 0 saturated carbocycles. The van der Waals surface area contributed by atoms with E-state index in [2.05, 4.69) is 5.16 Å². The van der Waals surface area contributed by atoms with Crippen molar-refractivity contribution < 1.29 is 12.9 Å². The highest BCUT2D eigenvalue weighted by Gasteiger charge is 2.36. The highest BCUT2D eigenvalue weighted by molar-refractivity contribution is 7.91. The Morgan fingerprint density at radius 2 is 2.14 bits per heavy atom. The van der Waals surface area contributed by atoms with Crippen LogP contribution < -0.4 is 5.73 Å². The first-order valence-corrected chi connectivity index (χ1v) is 8.81. The minimum Gasteiger partial charge on any atom is -0.380 e. The second-order valence-corrected chi connectivity index (χ2v) is 7.91. The van der Waals surface area contributed by atoms with Gasteiger partial charge in [0.2, 0.25) is 0 Å². The second-order valence-electron chi connectivity index (χ2n) is 5.17. The van der Waals surface area contributed by atoms with E-state index in [0.29, 0.717) is 29.2 Å². The summed E-state index contributed by atoms with van der Waals surface area (Å²) >= 11 is 6.00. The Morgan fingerprint density at radius 1 is 1.33 bits per heavy atom. The summed E-state index contributed by atoms with van der Waals surface area (Å²) in [6.07, 6.45) is 2.07. The minimum atomic E-state index is -3.23. The van der Waals surface area contributed by atoms with Crippen LogP contribution in [0.3, 0.4) is 0 Å². The monoisotopic (exact) mass is 326 g/mol. The highest BCUT2D eigenvalue weighted by atomic mass is 35.5. The minimum absolute atomic E-state index is 0.174. The zero-order valence-corrected chi connectivity index (χ0v) is 12.8. The zero-order chi connectivity index (χ0) is 15.0. The number of hydrogen-bond donors (Lipinski definition) is 1. The second kappa shape index (κ2) is 5.35. The first-order chi connectivity index (χ1) is 9.99. The molecular formula is C14H15ClN2O3S. The largest absolute Gasteiger partial charge is 0.380 e. The summed E-state index contributed by atoms with van der Waals surface area (Å²) < 4.78 is 29.8. The van der Waals surface area contributed by atoms with Gasteiger partial charge < -0.3 is 10.3 Å². The van der Waals surface area contributed by atoms with Crippen LogP contribution in [0.4, 0.5) is 5.82 Å². The molecule has 1 unspecified atom stereocenters. The Kier molecular flexibility index (Phi) is 3.67. The molecular weight excluding hydrogens is 312 g/mol. The van der Waals surface area contributed by atoms with E-state index in [1.165, 1.54) is 0 Å². The van der Waals surface area contributed by atoms with Gasteiger partial charge >= 0.3 is 0 Å². The highest BCUT2D eigenvalue weighted by Crippen LogP contribution is 2.41. The van der Waals surface area contributed by atoms with Crippen molar-refractivity contribution in [3.8, 4) is 11.1 Å². The normalized spacial score (nSPS) is 21.3. The summed E-state index contributed by atoms with van der Waals surface area (Å²) in [5, 5.41) is 3.63. The van der Waals surface area contributed by atoms with Crippen LogP contribution in [-0.4, -0.2) is 19.3 Å². The number of nitrogens with zero attached hydrogens (tertiary/aromatic N) is 1. The summed E-state index contributed by atoms with van der Waals surface area (Å²) in [7, 11) is -3.23. The Bertz CT molecular complexity index is 770. The van der Waals surface area contributed by atoms with Crippen molar-refractivity contribution in [1.82, 2.24) is 5.16 Å². The predicted molar refractivity (Wildman–Crippen MR) is 81.7 cm³/mol. The van der Waals surface area contributed by atoms with E-state index >= 15 is 0 Å². The van der Waals surface area contributed by atoms with Gasteiger partial charge in [-0.25, -0.2) is 8.42 Å². The van der Waals surface area contributed by atoms with Crippen LogP contribution >= 0.6 is 11.6 Å². The quantitative estimate of drug-likeness (QED) is 0.915. The van der Waals surface area contributed by atoms with Crippen molar-refractivity contribution in [3.05, 3.63) is 35.0 Å². The molecule has 2 aromatic rings. The third-order valence-electron chi connectivity index (χ3n) is 3.73. The third kappa shape index (κ3) is 2.65. The number of nitrogen functional groups attached to an aromatic ring is 1. The van der Waals surface area contributed by atoms with E-state index in [1.807, 2.05) is 6.07 Å². The molecule has 1 aliphatic rings. The molecule has 0 spiro atoms. The van der Waals surface area contributed by atoms with Gasteiger partial charge in [0.15, 0.2) is 21.4 Å². The number of aromatic nitrogens is 1.